The lowest BCUT2D eigenvalue weighted by molar-refractivity contribution is 0.0376. The molecule has 1 fully saturated rings. The highest BCUT2D eigenvalue weighted by Gasteiger charge is 2.22. The topological polar surface area (TPSA) is 64.1 Å². The van der Waals surface area contributed by atoms with Gasteiger partial charge in [-0.3, -0.25) is 14.6 Å². The quantitative estimate of drug-likeness (QED) is 0.319. The van der Waals surface area contributed by atoms with E-state index >= 15 is 0 Å². The van der Waals surface area contributed by atoms with Crippen LogP contribution in [0.3, 0.4) is 0 Å². The summed E-state index contributed by atoms with van der Waals surface area (Å²) in [5.41, 5.74) is 1.51. The number of unbranched alkanes of at least 4 members (excludes halogenated alkanes) is 1. The van der Waals surface area contributed by atoms with Crippen molar-refractivity contribution in [1.82, 2.24) is 9.88 Å². The van der Waals surface area contributed by atoms with Gasteiger partial charge in [-0.2, -0.15) is 0 Å². The Hall–Kier alpha value is -2.68. The highest BCUT2D eigenvalue weighted by atomic mass is 32.1. The SMILES string of the molecule is CCCCOc1ccc(C(=O)N(CCCN2CCOCC2)c2nc3ccc(OCC)cc3s2)cc1. The molecule has 188 valence electrons. The van der Waals surface area contributed by atoms with Gasteiger partial charge in [0, 0.05) is 31.7 Å². The van der Waals surface area contributed by atoms with Crippen LogP contribution in [0, 0.1) is 0 Å². The van der Waals surface area contributed by atoms with Gasteiger partial charge in [0.15, 0.2) is 5.13 Å². The smallest absolute Gasteiger partial charge is 0.260 e. The maximum atomic E-state index is 13.6. The monoisotopic (exact) mass is 497 g/mol. The Morgan fingerprint density at radius 3 is 2.57 bits per heavy atom. The number of anilines is 1. The number of benzene rings is 2. The number of hydrogen-bond acceptors (Lipinski definition) is 7. The van der Waals surface area contributed by atoms with Crippen LogP contribution >= 0.6 is 11.3 Å². The maximum absolute atomic E-state index is 13.6. The second-order valence-corrected chi connectivity index (χ2v) is 9.56. The number of rotatable bonds is 12. The highest BCUT2D eigenvalue weighted by molar-refractivity contribution is 7.22. The van der Waals surface area contributed by atoms with Crippen LogP contribution in [0.5, 0.6) is 11.5 Å². The summed E-state index contributed by atoms with van der Waals surface area (Å²) >= 11 is 1.53. The van der Waals surface area contributed by atoms with Gasteiger partial charge in [-0.05, 0) is 62.2 Å². The zero-order valence-electron chi connectivity index (χ0n) is 20.7. The van der Waals surface area contributed by atoms with Crippen LogP contribution in [0.1, 0.15) is 43.5 Å². The summed E-state index contributed by atoms with van der Waals surface area (Å²) < 4.78 is 17.9. The van der Waals surface area contributed by atoms with Crippen molar-refractivity contribution in [2.75, 3.05) is 57.5 Å². The fourth-order valence-electron chi connectivity index (χ4n) is 4.01. The summed E-state index contributed by atoms with van der Waals surface area (Å²) in [7, 11) is 0. The zero-order valence-corrected chi connectivity index (χ0v) is 21.5. The third kappa shape index (κ3) is 6.93. The molecule has 35 heavy (non-hydrogen) atoms. The van der Waals surface area contributed by atoms with Crippen LogP contribution in [0.15, 0.2) is 42.5 Å². The van der Waals surface area contributed by atoms with Gasteiger partial charge in [0.05, 0.1) is 36.6 Å². The number of morpholine rings is 1. The lowest BCUT2D eigenvalue weighted by Gasteiger charge is -2.27. The average molecular weight is 498 g/mol. The first-order valence-corrected chi connectivity index (χ1v) is 13.4. The molecule has 0 radical (unpaired) electrons. The van der Waals surface area contributed by atoms with Gasteiger partial charge >= 0.3 is 0 Å². The molecular formula is C27H35N3O4S. The zero-order chi connectivity index (χ0) is 24.5. The van der Waals surface area contributed by atoms with Crippen molar-refractivity contribution in [3.05, 3.63) is 48.0 Å². The predicted octanol–water partition coefficient (Wildman–Crippen LogP) is 5.24. The molecule has 2 heterocycles. The molecule has 0 unspecified atom stereocenters. The van der Waals surface area contributed by atoms with E-state index in [2.05, 4.69) is 11.8 Å². The molecule has 1 saturated heterocycles. The van der Waals surface area contributed by atoms with Crippen LogP contribution in [0.2, 0.25) is 0 Å². The van der Waals surface area contributed by atoms with Crippen molar-refractivity contribution < 1.29 is 19.0 Å². The summed E-state index contributed by atoms with van der Waals surface area (Å²) in [4.78, 5) is 22.7. The number of aromatic nitrogens is 1. The lowest BCUT2D eigenvalue weighted by atomic mass is 10.2. The van der Waals surface area contributed by atoms with E-state index in [9.17, 15) is 4.79 Å². The molecule has 0 spiro atoms. The molecule has 1 amide bonds. The van der Waals surface area contributed by atoms with E-state index in [-0.39, 0.29) is 5.91 Å². The number of hydrogen-bond donors (Lipinski definition) is 0. The molecule has 0 atom stereocenters. The first-order valence-electron chi connectivity index (χ1n) is 12.6. The number of carbonyl (C=O) groups excluding carboxylic acids is 1. The minimum Gasteiger partial charge on any atom is -0.494 e. The van der Waals surface area contributed by atoms with Gasteiger partial charge in [-0.1, -0.05) is 24.7 Å². The van der Waals surface area contributed by atoms with Crippen LogP contribution < -0.4 is 14.4 Å². The number of ether oxygens (including phenoxy) is 3. The van der Waals surface area contributed by atoms with Gasteiger partial charge < -0.3 is 14.2 Å². The van der Waals surface area contributed by atoms with Crippen molar-refractivity contribution >= 4 is 32.6 Å². The number of thiazole rings is 1. The molecule has 2 aromatic carbocycles. The summed E-state index contributed by atoms with van der Waals surface area (Å²) in [6.07, 6.45) is 2.97. The molecule has 0 N–H and O–H groups in total. The standard InChI is InChI=1S/C27H35N3O4S/c1-3-5-17-34-22-9-7-21(8-10-22)26(31)30(14-6-13-29-15-18-32-19-16-29)27-28-24-12-11-23(33-4-2)20-25(24)35-27/h7-12,20H,3-6,13-19H2,1-2H3. The molecule has 1 aliphatic heterocycles. The molecule has 3 aromatic rings. The molecule has 0 aliphatic carbocycles. The lowest BCUT2D eigenvalue weighted by Crippen LogP contribution is -2.39. The third-order valence-corrected chi connectivity index (χ3v) is 7.00. The largest absolute Gasteiger partial charge is 0.494 e. The van der Waals surface area contributed by atoms with Crippen molar-refractivity contribution in [1.29, 1.82) is 0 Å². The normalized spacial score (nSPS) is 14.2. The number of amides is 1. The Morgan fingerprint density at radius 1 is 1.06 bits per heavy atom. The first kappa shape index (κ1) is 25.4. The Balaban J connectivity index is 1.52. The molecule has 4 rings (SSSR count). The molecule has 1 aliphatic rings. The van der Waals surface area contributed by atoms with E-state index in [4.69, 9.17) is 19.2 Å². The van der Waals surface area contributed by atoms with E-state index < -0.39 is 0 Å². The van der Waals surface area contributed by atoms with Gasteiger partial charge in [0.2, 0.25) is 0 Å². The summed E-state index contributed by atoms with van der Waals surface area (Å²) in [6, 6.07) is 13.3. The number of nitrogens with zero attached hydrogens (tertiary/aromatic N) is 3. The minimum atomic E-state index is -0.0452. The van der Waals surface area contributed by atoms with E-state index in [1.54, 1.807) is 0 Å². The number of carbonyl (C=O) groups is 1. The second-order valence-electron chi connectivity index (χ2n) is 8.55. The van der Waals surface area contributed by atoms with E-state index in [1.165, 1.54) is 11.3 Å². The fraction of sp³-hybridized carbons (Fsp3) is 0.481. The molecule has 7 nitrogen and oxygen atoms in total. The van der Waals surface area contributed by atoms with Crippen molar-refractivity contribution in [3.8, 4) is 11.5 Å². The molecule has 8 heteroatoms. The molecular weight excluding hydrogens is 462 g/mol. The van der Waals surface area contributed by atoms with Crippen molar-refractivity contribution in [2.24, 2.45) is 0 Å². The second kappa shape index (κ2) is 12.9. The van der Waals surface area contributed by atoms with E-state index in [1.807, 2.05) is 54.3 Å². The highest BCUT2D eigenvalue weighted by Crippen LogP contribution is 2.32. The Bertz CT molecular complexity index is 1080. The summed E-state index contributed by atoms with van der Waals surface area (Å²) in [5, 5.41) is 0.712. The number of fused-ring (bicyclic) bond motifs is 1. The fourth-order valence-corrected chi connectivity index (χ4v) is 5.03. The van der Waals surface area contributed by atoms with Gasteiger partial charge in [0.25, 0.3) is 5.91 Å². The van der Waals surface area contributed by atoms with Gasteiger partial charge in [0.1, 0.15) is 11.5 Å². The minimum absolute atomic E-state index is 0.0452. The Labute approximate surface area is 211 Å². The maximum Gasteiger partial charge on any atom is 0.260 e. The average Bonchev–Trinajstić information content (AvgIpc) is 3.31. The van der Waals surface area contributed by atoms with E-state index in [0.717, 1.165) is 73.8 Å². The van der Waals surface area contributed by atoms with E-state index in [0.29, 0.717) is 30.5 Å². The Kier molecular flexibility index (Phi) is 9.34. The van der Waals surface area contributed by atoms with Crippen LogP contribution in [-0.4, -0.2) is 68.4 Å². The third-order valence-electron chi connectivity index (χ3n) is 5.96. The first-order chi connectivity index (χ1) is 17.2. The molecule has 0 bridgehead atoms. The van der Waals surface area contributed by atoms with Gasteiger partial charge in [-0.25, -0.2) is 4.98 Å². The Morgan fingerprint density at radius 2 is 1.83 bits per heavy atom. The molecule has 1 aromatic heterocycles. The summed E-state index contributed by atoms with van der Waals surface area (Å²) in [6.45, 7) is 10.4. The van der Waals surface area contributed by atoms with Gasteiger partial charge in [-0.15, -0.1) is 0 Å². The van der Waals surface area contributed by atoms with Crippen LogP contribution in [0.25, 0.3) is 10.2 Å². The van der Waals surface area contributed by atoms with Crippen LogP contribution in [-0.2, 0) is 4.74 Å². The predicted molar refractivity (Wildman–Crippen MR) is 141 cm³/mol. The van der Waals surface area contributed by atoms with Crippen molar-refractivity contribution in [2.45, 2.75) is 33.1 Å². The van der Waals surface area contributed by atoms with Crippen LogP contribution in [0.4, 0.5) is 5.13 Å². The summed E-state index contributed by atoms with van der Waals surface area (Å²) in [5.74, 6) is 1.56. The van der Waals surface area contributed by atoms with Crippen molar-refractivity contribution in [3.63, 3.8) is 0 Å². The molecule has 0 saturated carbocycles.